The van der Waals surface area contributed by atoms with Crippen LogP contribution in [0.4, 0.5) is 11.4 Å². The lowest BCUT2D eigenvalue weighted by Crippen LogP contribution is -2.16. The third-order valence-corrected chi connectivity index (χ3v) is 6.90. The van der Waals surface area contributed by atoms with E-state index in [1.165, 1.54) is 11.8 Å². The highest BCUT2D eigenvalue weighted by Gasteiger charge is 2.19. The van der Waals surface area contributed by atoms with Crippen LogP contribution in [0.3, 0.4) is 0 Å². The summed E-state index contributed by atoms with van der Waals surface area (Å²) in [5.74, 6) is 0.345. The molecule has 36 heavy (non-hydrogen) atoms. The Labute approximate surface area is 225 Å². The number of carbonyl (C=O) groups is 1. The van der Waals surface area contributed by atoms with E-state index in [0.717, 1.165) is 29.1 Å². The summed E-state index contributed by atoms with van der Waals surface area (Å²) in [5, 5.41) is 23.4. The van der Waals surface area contributed by atoms with E-state index in [9.17, 15) is 14.9 Å². The van der Waals surface area contributed by atoms with Crippen LogP contribution in [0, 0.1) is 10.1 Å². The molecule has 0 fully saturated rings. The van der Waals surface area contributed by atoms with Crippen molar-refractivity contribution in [2.24, 2.45) is 0 Å². The van der Waals surface area contributed by atoms with E-state index < -0.39 is 10.8 Å². The molecule has 0 aliphatic rings. The first kappa shape index (κ1) is 26.0. The van der Waals surface area contributed by atoms with E-state index in [4.69, 9.17) is 34.8 Å². The van der Waals surface area contributed by atoms with Gasteiger partial charge in [0.25, 0.3) is 5.69 Å². The first-order valence-corrected chi connectivity index (χ1v) is 12.7. The molecule has 0 spiro atoms. The van der Waals surface area contributed by atoms with Gasteiger partial charge in [0.2, 0.25) is 5.91 Å². The van der Waals surface area contributed by atoms with Crippen LogP contribution >= 0.6 is 46.6 Å². The van der Waals surface area contributed by atoms with Gasteiger partial charge >= 0.3 is 0 Å². The number of nitro groups is 1. The van der Waals surface area contributed by atoms with Crippen LogP contribution in [0.1, 0.15) is 17.0 Å². The van der Waals surface area contributed by atoms with Gasteiger partial charge in [0.05, 0.1) is 33.0 Å². The first-order chi connectivity index (χ1) is 17.3. The Morgan fingerprint density at radius 1 is 0.972 bits per heavy atom. The van der Waals surface area contributed by atoms with Gasteiger partial charge < -0.3 is 9.88 Å². The minimum absolute atomic E-state index is 0.00622. The second-order valence-corrected chi connectivity index (χ2v) is 9.85. The number of hydrogen-bond donors (Lipinski definition) is 1. The predicted molar refractivity (Wildman–Crippen MR) is 142 cm³/mol. The maximum Gasteiger partial charge on any atom is 0.272 e. The van der Waals surface area contributed by atoms with Crippen molar-refractivity contribution in [3.8, 4) is 0 Å². The number of amides is 1. The zero-order valence-corrected chi connectivity index (χ0v) is 21.6. The Morgan fingerprint density at radius 3 is 2.28 bits per heavy atom. The SMILES string of the molecule is O=C(CSc1nnc(Cc2ccccc2)n1Cc1ccc(Cl)cc1)Nc1c(Cl)cc([N+](=O)[O-])cc1Cl. The van der Waals surface area contributed by atoms with Crippen LogP contribution in [0.2, 0.25) is 15.1 Å². The minimum atomic E-state index is -0.611. The molecule has 0 radical (unpaired) electrons. The maximum atomic E-state index is 12.7. The molecule has 0 aliphatic carbocycles. The van der Waals surface area contributed by atoms with E-state index in [0.29, 0.717) is 23.1 Å². The van der Waals surface area contributed by atoms with Gasteiger partial charge in [-0.15, -0.1) is 10.2 Å². The highest BCUT2D eigenvalue weighted by atomic mass is 35.5. The number of hydrogen-bond acceptors (Lipinski definition) is 6. The number of halogens is 3. The Balaban J connectivity index is 1.51. The van der Waals surface area contributed by atoms with Crippen LogP contribution in [0.25, 0.3) is 0 Å². The molecular weight excluding hydrogens is 545 g/mol. The summed E-state index contributed by atoms with van der Waals surface area (Å²) >= 11 is 19.4. The summed E-state index contributed by atoms with van der Waals surface area (Å²) in [4.78, 5) is 23.0. The van der Waals surface area contributed by atoms with Crippen LogP contribution in [0.5, 0.6) is 0 Å². The molecule has 1 aromatic heterocycles. The van der Waals surface area contributed by atoms with Crippen molar-refractivity contribution in [2.75, 3.05) is 11.1 Å². The molecule has 3 aromatic carbocycles. The van der Waals surface area contributed by atoms with Crippen LogP contribution in [0.15, 0.2) is 71.9 Å². The number of benzene rings is 3. The molecule has 1 heterocycles. The second-order valence-electron chi connectivity index (χ2n) is 7.65. The average molecular weight is 563 g/mol. The summed E-state index contributed by atoms with van der Waals surface area (Å²) in [6.07, 6.45) is 0.572. The average Bonchev–Trinajstić information content (AvgIpc) is 3.22. The minimum Gasteiger partial charge on any atom is -0.323 e. The summed E-state index contributed by atoms with van der Waals surface area (Å²) < 4.78 is 1.96. The number of rotatable bonds is 9. The van der Waals surface area contributed by atoms with E-state index in [2.05, 4.69) is 15.5 Å². The molecule has 0 saturated heterocycles. The lowest BCUT2D eigenvalue weighted by Gasteiger charge is -2.12. The largest absolute Gasteiger partial charge is 0.323 e. The van der Waals surface area contributed by atoms with E-state index >= 15 is 0 Å². The van der Waals surface area contributed by atoms with Gasteiger partial charge in [-0.3, -0.25) is 14.9 Å². The molecule has 1 N–H and O–H groups in total. The Hall–Kier alpha value is -3.11. The molecule has 0 saturated carbocycles. The lowest BCUT2D eigenvalue weighted by molar-refractivity contribution is -0.384. The van der Waals surface area contributed by atoms with Crippen molar-refractivity contribution in [1.82, 2.24) is 14.8 Å². The number of anilines is 1. The van der Waals surface area contributed by atoms with Gasteiger partial charge in [-0.2, -0.15) is 0 Å². The molecule has 1 amide bonds. The molecule has 12 heteroatoms. The maximum absolute atomic E-state index is 12.7. The van der Waals surface area contributed by atoms with Gasteiger partial charge in [-0.1, -0.05) is 89.0 Å². The molecule has 4 aromatic rings. The molecule has 184 valence electrons. The molecular formula is C24H18Cl3N5O3S. The van der Waals surface area contributed by atoms with Crippen molar-refractivity contribution >= 4 is 63.8 Å². The number of carbonyl (C=O) groups excluding carboxylic acids is 1. The Morgan fingerprint density at radius 2 is 1.64 bits per heavy atom. The Kier molecular flexibility index (Phi) is 8.48. The molecule has 0 atom stereocenters. The standard InChI is InChI=1S/C24H18Cl3N5O3S/c25-17-8-6-16(7-9-17)13-31-21(10-15-4-2-1-3-5-15)29-30-24(31)36-14-22(33)28-23-19(26)11-18(32(34)35)12-20(23)27/h1-9,11-12H,10,13-14H2,(H,28,33). The summed E-state index contributed by atoms with van der Waals surface area (Å²) in [5.41, 5.74) is 1.93. The quantitative estimate of drug-likeness (QED) is 0.142. The van der Waals surface area contributed by atoms with Crippen LogP contribution in [-0.4, -0.2) is 31.3 Å². The van der Waals surface area contributed by atoms with Crippen molar-refractivity contribution in [1.29, 1.82) is 0 Å². The van der Waals surface area contributed by atoms with Gasteiger partial charge in [-0.25, -0.2) is 0 Å². The number of thioether (sulfide) groups is 1. The van der Waals surface area contributed by atoms with Gasteiger partial charge in [0.1, 0.15) is 5.82 Å². The van der Waals surface area contributed by atoms with Crippen molar-refractivity contribution in [3.63, 3.8) is 0 Å². The number of aromatic nitrogens is 3. The molecule has 0 unspecified atom stereocenters. The number of non-ortho nitro benzene ring substituents is 1. The van der Waals surface area contributed by atoms with E-state index in [1.807, 2.05) is 59.2 Å². The lowest BCUT2D eigenvalue weighted by atomic mass is 10.1. The van der Waals surface area contributed by atoms with Gasteiger partial charge in [-0.05, 0) is 23.3 Å². The summed E-state index contributed by atoms with van der Waals surface area (Å²) in [6.45, 7) is 0.496. The molecule has 0 aliphatic heterocycles. The van der Waals surface area contributed by atoms with E-state index in [1.54, 1.807) is 0 Å². The number of nitrogens with one attached hydrogen (secondary N) is 1. The smallest absolute Gasteiger partial charge is 0.272 e. The predicted octanol–water partition coefficient (Wildman–Crippen LogP) is 6.52. The zero-order chi connectivity index (χ0) is 25.7. The van der Waals surface area contributed by atoms with Crippen LogP contribution < -0.4 is 5.32 Å². The summed E-state index contributed by atoms with van der Waals surface area (Å²) in [6, 6.07) is 19.6. The third kappa shape index (κ3) is 6.55. The van der Waals surface area contributed by atoms with E-state index in [-0.39, 0.29) is 27.2 Å². The number of nitrogens with zero attached hydrogens (tertiary/aromatic N) is 4. The number of nitro benzene ring substituents is 1. The first-order valence-electron chi connectivity index (χ1n) is 10.6. The topological polar surface area (TPSA) is 103 Å². The third-order valence-electron chi connectivity index (χ3n) is 5.09. The highest BCUT2D eigenvalue weighted by Crippen LogP contribution is 2.35. The van der Waals surface area contributed by atoms with Crippen molar-refractivity contribution < 1.29 is 9.72 Å². The summed E-state index contributed by atoms with van der Waals surface area (Å²) in [7, 11) is 0. The second kappa shape index (κ2) is 11.7. The zero-order valence-electron chi connectivity index (χ0n) is 18.5. The van der Waals surface area contributed by atoms with Crippen molar-refractivity contribution in [3.05, 3.63) is 109 Å². The van der Waals surface area contributed by atoms with Crippen LogP contribution in [-0.2, 0) is 17.8 Å². The highest BCUT2D eigenvalue weighted by molar-refractivity contribution is 7.99. The normalized spacial score (nSPS) is 10.9. The molecule has 8 nitrogen and oxygen atoms in total. The van der Waals surface area contributed by atoms with Gasteiger partial charge in [0.15, 0.2) is 5.16 Å². The molecule has 0 bridgehead atoms. The van der Waals surface area contributed by atoms with Crippen molar-refractivity contribution in [2.45, 2.75) is 18.1 Å². The van der Waals surface area contributed by atoms with Gasteiger partial charge in [0, 0.05) is 23.6 Å². The molecule has 4 rings (SSSR count). The monoisotopic (exact) mass is 561 g/mol. The Bertz CT molecular complexity index is 1380. The fourth-order valence-electron chi connectivity index (χ4n) is 3.36. The fourth-order valence-corrected chi connectivity index (χ4v) is 4.81. The fraction of sp³-hybridized carbons (Fsp3) is 0.125.